The Morgan fingerprint density at radius 3 is 2.27 bits per heavy atom. The van der Waals surface area contributed by atoms with Gasteiger partial charge in [-0.05, 0) is 48.7 Å². The van der Waals surface area contributed by atoms with Crippen molar-refractivity contribution < 1.29 is 5.11 Å². The highest BCUT2D eigenvalue weighted by Crippen LogP contribution is 2.35. The Morgan fingerprint density at radius 1 is 0.818 bits per heavy atom. The first-order valence-corrected chi connectivity index (χ1v) is 7.45. The minimum atomic E-state index is 0.382. The predicted octanol–water partition coefficient (Wildman–Crippen LogP) is 5.31. The first kappa shape index (κ1) is 13.0. The summed E-state index contributed by atoms with van der Waals surface area (Å²) < 4.78 is 0. The summed E-state index contributed by atoms with van der Waals surface area (Å²) in [6, 6.07) is 18.8. The minimum absolute atomic E-state index is 0.382. The lowest BCUT2D eigenvalue weighted by atomic mass is 9.98. The van der Waals surface area contributed by atoms with Crippen LogP contribution >= 0.6 is 0 Å². The maximum Gasteiger partial charge on any atom is 0.121 e. The Balaban J connectivity index is 2.07. The van der Waals surface area contributed by atoms with Gasteiger partial charge in [-0.25, -0.2) is 0 Å². The number of hydrogen-bond donors (Lipinski definition) is 2. The van der Waals surface area contributed by atoms with Crippen LogP contribution in [0.2, 0.25) is 0 Å². The largest absolute Gasteiger partial charge is 0.507 e. The van der Waals surface area contributed by atoms with E-state index in [2.05, 4.69) is 41.4 Å². The Hall–Kier alpha value is -2.74. The molecule has 0 aliphatic carbocycles. The van der Waals surface area contributed by atoms with Gasteiger partial charge in [0.25, 0.3) is 0 Å². The fourth-order valence-corrected chi connectivity index (χ4v) is 3.23. The lowest BCUT2D eigenvalue weighted by Crippen LogP contribution is -1.86. The molecule has 3 aromatic carbocycles. The summed E-state index contributed by atoms with van der Waals surface area (Å²) in [6.07, 6.45) is 0. The van der Waals surface area contributed by atoms with Crippen LogP contribution in [0.5, 0.6) is 5.75 Å². The van der Waals surface area contributed by atoms with E-state index in [0.717, 1.165) is 27.7 Å². The van der Waals surface area contributed by atoms with Crippen molar-refractivity contribution in [2.45, 2.75) is 13.8 Å². The summed E-state index contributed by atoms with van der Waals surface area (Å²) in [7, 11) is 0. The number of aromatic hydroxyl groups is 1. The maximum atomic E-state index is 10.00. The smallest absolute Gasteiger partial charge is 0.121 e. The van der Waals surface area contributed by atoms with Crippen LogP contribution in [0.3, 0.4) is 0 Å². The van der Waals surface area contributed by atoms with E-state index >= 15 is 0 Å². The van der Waals surface area contributed by atoms with Crippen LogP contribution < -0.4 is 0 Å². The van der Waals surface area contributed by atoms with Crippen LogP contribution in [0.1, 0.15) is 11.1 Å². The highest BCUT2D eigenvalue weighted by Gasteiger charge is 2.11. The lowest BCUT2D eigenvalue weighted by molar-refractivity contribution is 0.467. The number of para-hydroxylation sites is 2. The van der Waals surface area contributed by atoms with E-state index in [9.17, 15) is 5.11 Å². The van der Waals surface area contributed by atoms with Crippen molar-refractivity contribution in [3.8, 4) is 16.9 Å². The molecule has 0 aliphatic rings. The molecule has 2 heteroatoms. The Morgan fingerprint density at radius 2 is 1.50 bits per heavy atom. The van der Waals surface area contributed by atoms with Crippen LogP contribution in [0.4, 0.5) is 0 Å². The summed E-state index contributed by atoms with van der Waals surface area (Å²) in [5, 5.41) is 12.5. The van der Waals surface area contributed by atoms with Crippen molar-refractivity contribution in [3.05, 3.63) is 65.7 Å². The quantitative estimate of drug-likeness (QED) is 0.489. The predicted molar refractivity (Wildman–Crippen MR) is 92.4 cm³/mol. The number of hydrogen-bond acceptors (Lipinski definition) is 1. The molecule has 2 nitrogen and oxygen atoms in total. The summed E-state index contributed by atoms with van der Waals surface area (Å²) in [4.78, 5) is 3.54. The van der Waals surface area contributed by atoms with E-state index < -0.39 is 0 Å². The second-order valence-corrected chi connectivity index (χ2v) is 5.86. The third-order valence-electron chi connectivity index (χ3n) is 4.34. The van der Waals surface area contributed by atoms with E-state index in [-0.39, 0.29) is 0 Å². The molecule has 1 heterocycles. The van der Waals surface area contributed by atoms with Crippen LogP contribution in [0.25, 0.3) is 32.9 Å². The molecule has 0 amide bonds. The van der Waals surface area contributed by atoms with Crippen molar-refractivity contribution in [3.63, 3.8) is 0 Å². The molecule has 108 valence electrons. The molecule has 1 aromatic heterocycles. The molecule has 0 spiro atoms. The Kier molecular flexibility index (Phi) is 2.73. The van der Waals surface area contributed by atoms with Crippen molar-refractivity contribution >= 4 is 21.8 Å². The summed E-state index contributed by atoms with van der Waals surface area (Å²) in [5.74, 6) is 0.382. The third-order valence-corrected chi connectivity index (χ3v) is 4.34. The number of phenolic OH excluding ortho intramolecular Hbond substituents is 1. The number of aromatic amines is 1. The summed E-state index contributed by atoms with van der Waals surface area (Å²) in [6.45, 7) is 3.88. The maximum absolute atomic E-state index is 10.00. The number of benzene rings is 3. The first-order chi connectivity index (χ1) is 10.6. The van der Waals surface area contributed by atoms with Crippen molar-refractivity contribution in [1.82, 2.24) is 4.98 Å². The van der Waals surface area contributed by atoms with Gasteiger partial charge < -0.3 is 10.1 Å². The van der Waals surface area contributed by atoms with E-state index in [4.69, 9.17) is 0 Å². The summed E-state index contributed by atoms with van der Waals surface area (Å²) in [5.41, 5.74) is 6.40. The number of nitrogens with one attached hydrogen (secondary N) is 1. The highest BCUT2D eigenvalue weighted by molar-refractivity contribution is 6.11. The second-order valence-electron chi connectivity index (χ2n) is 5.86. The van der Waals surface area contributed by atoms with Gasteiger partial charge in [0.05, 0.1) is 5.52 Å². The molecule has 0 aliphatic heterocycles. The van der Waals surface area contributed by atoms with E-state index in [1.807, 2.05) is 32.0 Å². The number of H-pyrrole nitrogens is 1. The molecule has 4 rings (SSSR count). The van der Waals surface area contributed by atoms with Gasteiger partial charge in [0.15, 0.2) is 0 Å². The van der Waals surface area contributed by atoms with Crippen LogP contribution in [-0.2, 0) is 0 Å². The van der Waals surface area contributed by atoms with Crippen LogP contribution in [0.15, 0.2) is 54.6 Å². The van der Waals surface area contributed by atoms with Gasteiger partial charge in [-0.3, -0.25) is 0 Å². The zero-order chi connectivity index (χ0) is 15.3. The number of phenols is 1. The zero-order valence-corrected chi connectivity index (χ0v) is 12.6. The number of aryl methyl sites for hydroxylation is 2. The lowest BCUT2D eigenvalue weighted by Gasteiger charge is -2.09. The normalized spacial score (nSPS) is 11.4. The fraction of sp³-hybridized carbons (Fsp3) is 0.100. The minimum Gasteiger partial charge on any atom is -0.507 e. The first-order valence-electron chi connectivity index (χ1n) is 7.45. The Labute approximate surface area is 129 Å². The molecule has 0 saturated carbocycles. The van der Waals surface area contributed by atoms with Gasteiger partial charge >= 0.3 is 0 Å². The van der Waals surface area contributed by atoms with E-state index in [0.29, 0.717) is 5.75 Å². The molecule has 0 unspecified atom stereocenters. The molecule has 2 N–H and O–H groups in total. The van der Waals surface area contributed by atoms with Gasteiger partial charge in [0, 0.05) is 21.9 Å². The molecular weight excluding hydrogens is 270 g/mol. The molecule has 22 heavy (non-hydrogen) atoms. The van der Waals surface area contributed by atoms with Gasteiger partial charge in [0.1, 0.15) is 5.75 Å². The third kappa shape index (κ3) is 1.81. The topological polar surface area (TPSA) is 36.0 Å². The molecule has 4 aromatic rings. The highest BCUT2D eigenvalue weighted by atomic mass is 16.3. The molecule has 0 radical (unpaired) electrons. The van der Waals surface area contributed by atoms with Crippen LogP contribution in [0, 0.1) is 13.8 Å². The standard InChI is InChI=1S/C20H17NO/c1-12-10-14(11-13(2)20(12)22)15-7-5-8-17-16-6-3-4-9-18(16)21-19(15)17/h3-11,21-22H,1-2H3. The van der Waals surface area contributed by atoms with Gasteiger partial charge in [-0.15, -0.1) is 0 Å². The zero-order valence-electron chi connectivity index (χ0n) is 12.6. The molecular formula is C20H17NO. The Bertz CT molecular complexity index is 988. The second kappa shape index (κ2) is 4.63. The van der Waals surface area contributed by atoms with Crippen molar-refractivity contribution in [2.24, 2.45) is 0 Å². The summed E-state index contributed by atoms with van der Waals surface area (Å²) >= 11 is 0. The molecule has 0 bridgehead atoms. The van der Waals surface area contributed by atoms with E-state index in [1.54, 1.807) is 0 Å². The van der Waals surface area contributed by atoms with E-state index in [1.165, 1.54) is 16.3 Å². The van der Waals surface area contributed by atoms with Crippen molar-refractivity contribution in [1.29, 1.82) is 0 Å². The average molecular weight is 287 g/mol. The molecule has 0 saturated heterocycles. The van der Waals surface area contributed by atoms with Crippen LogP contribution in [-0.4, -0.2) is 10.1 Å². The average Bonchev–Trinajstić information content (AvgIpc) is 2.90. The van der Waals surface area contributed by atoms with Crippen molar-refractivity contribution in [2.75, 3.05) is 0 Å². The van der Waals surface area contributed by atoms with Gasteiger partial charge in [-0.2, -0.15) is 0 Å². The SMILES string of the molecule is Cc1cc(-c2cccc3c2[nH]c2ccccc23)cc(C)c1O. The molecule has 0 fully saturated rings. The monoisotopic (exact) mass is 287 g/mol. The molecule has 0 atom stereocenters. The number of aromatic nitrogens is 1. The van der Waals surface area contributed by atoms with Gasteiger partial charge in [0.2, 0.25) is 0 Å². The number of rotatable bonds is 1. The number of fused-ring (bicyclic) bond motifs is 3. The van der Waals surface area contributed by atoms with Gasteiger partial charge in [-0.1, -0.05) is 36.4 Å². The fourth-order valence-electron chi connectivity index (χ4n) is 3.23.